The second-order valence-corrected chi connectivity index (χ2v) is 9.60. The molecule has 188 valence electrons. The molecule has 0 amide bonds. The zero-order valence-corrected chi connectivity index (χ0v) is 19.7. The molecule has 1 atom stereocenters. The molecule has 2 aromatic rings. The molecule has 0 radical (unpaired) electrons. The van der Waals surface area contributed by atoms with Gasteiger partial charge in [0, 0.05) is 0 Å². The monoisotopic (exact) mass is 486 g/mol. The molecule has 0 saturated heterocycles. The number of hydrogen-bond acceptors (Lipinski definition) is 1. The predicted molar refractivity (Wildman–Crippen MR) is 120 cm³/mol. The molecule has 0 spiro atoms. The largest absolute Gasteiger partial charge is 0.573 e. The van der Waals surface area contributed by atoms with E-state index in [0.717, 1.165) is 55.2 Å². The molecule has 1 unspecified atom stereocenters. The lowest BCUT2D eigenvalue weighted by Gasteiger charge is -2.29. The van der Waals surface area contributed by atoms with Gasteiger partial charge in [-0.2, -0.15) is 0 Å². The quantitative estimate of drug-likeness (QED) is 0.322. The number of rotatable bonds is 9. The van der Waals surface area contributed by atoms with Crippen molar-refractivity contribution in [1.29, 1.82) is 0 Å². The minimum Gasteiger partial charge on any atom is -0.399 e. The van der Waals surface area contributed by atoms with Gasteiger partial charge in [0.25, 0.3) is 0 Å². The number of ether oxygens (including phenoxy) is 1. The normalized spacial score (nSPS) is 19.8. The Hall–Kier alpha value is -2.18. The van der Waals surface area contributed by atoms with E-state index in [-0.39, 0.29) is 24.2 Å². The summed E-state index contributed by atoms with van der Waals surface area (Å²) in [5.41, 5.74) is 1.51. The van der Waals surface area contributed by atoms with Gasteiger partial charge in [-0.3, -0.25) is 0 Å². The minimum atomic E-state index is -5.19. The first kappa shape index (κ1) is 26.4. The second kappa shape index (κ2) is 11.5. The van der Waals surface area contributed by atoms with Crippen LogP contribution in [0.25, 0.3) is 0 Å². The van der Waals surface area contributed by atoms with E-state index in [1.54, 1.807) is 12.1 Å². The van der Waals surface area contributed by atoms with Crippen LogP contribution in [0, 0.1) is 29.3 Å². The first-order valence-electron chi connectivity index (χ1n) is 12.1. The Kier molecular flexibility index (Phi) is 8.94. The maximum absolute atomic E-state index is 14.7. The van der Waals surface area contributed by atoms with E-state index >= 15 is 0 Å². The lowest BCUT2D eigenvalue weighted by atomic mass is 9.76. The van der Waals surface area contributed by atoms with Crippen LogP contribution in [0.4, 0.5) is 26.3 Å². The van der Waals surface area contributed by atoms with Crippen LogP contribution in [0.3, 0.4) is 0 Å². The third-order valence-electron chi connectivity index (χ3n) is 7.12. The first-order chi connectivity index (χ1) is 16.1. The van der Waals surface area contributed by atoms with Crippen molar-refractivity contribution in [2.75, 3.05) is 0 Å². The fourth-order valence-electron chi connectivity index (χ4n) is 4.78. The summed E-state index contributed by atoms with van der Waals surface area (Å²) in [6.07, 6.45) is 3.23. The van der Waals surface area contributed by atoms with Gasteiger partial charge < -0.3 is 4.74 Å². The lowest BCUT2D eigenvalue weighted by Crippen LogP contribution is -2.19. The van der Waals surface area contributed by atoms with Crippen molar-refractivity contribution in [3.05, 3.63) is 64.5 Å². The third kappa shape index (κ3) is 7.41. The Morgan fingerprint density at radius 1 is 0.912 bits per heavy atom. The maximum Gasteiger partial charge on any atom is 0.573 e. The first-order valence-corrected chi connectivity index (χ1v) is 12.1. The van der Waals surface area contributed by atoms with Crippen LogP contribution in [0.15, 0.2) is 30.3 Å². The Morgan fingerprint density at radius 3 is 2.12 bits per heavy atom. The molecular weight excluding hydrogens is 454 g/mol. The molecule has 3 rings (SSSR count). The van der Waals surface area contributed by atoms with Crippen molar-refractivity contribution < 1.29 is 31.1 Å². The molecule has 2 aromatic carbocycles. The molecule has 0 aromatic heterocycles. The van der Waals surface area contributed by atoms with Crippen molar-refractivity contribution in [3.63, 3.8) is 0 Å². The predicted octanol–water partition coefficient (Wildman–Crippen LogP) is 8.89. The van der Waals surface area contributed by atoms with Gasteiger partial charge in [0.1, 0.15) is 5.82 Å². The summed E-state index contributed by atoms with van der Waals surface area (Å²) < 4.78 is 82.8. The van der Waals surface area contributed by atoms with Gasteiger partial charge in [-0.25, -0.2) is 13.2 Å². The fraction of sp³-hybridized carbons (Fsp3) is 0.556. The molecule has 1 fully saturated rings. The van der Waals surface area contributed by atoms with Crippen molar-refractivity contribution in [3.8, 4) is 5.75 Å². The summed E-state index contributed by atoms with van der Waals surface area (Å²) in [5.74, 6) is -2.88. The van der Waals surface area contributed by atoms with Gasteiger partial charge in [0.05, 0.1) is 0 Å². The van der Waals surface area contributed by atoms with Crippen LogP contribution in [0.1, 0.15) is 81.4 Å². The van der Waals surface area contributed by atoms with Crippen molar-refractivity contribution >= 4 is 0 Å². The van der Waals surface area contributed by atoms with Gasteiger partial charge in [-0.15, -0.1) is 13.2 Å². The van der Waals surface area contributed by atoms with Gasteiger partial charge in [0.15, 0.2) is 11.6 Å². The van der Waals surface area contributed by atoms with E-state index in [9.17, 15) is 26.3 Å². The molecule has 1 aliphatic rings. The van der Waals surface area contributed by atoms with Crippen LogP contribution < -0.4 is 4.74 Å². The molecule has 0 N–H and O–H groups in total. The van der Waals surface area contributed by atoms with E-state index in [1.165, 1.54) is 19.3 Å². The van der Waals surface area contributed by atoms with E-state index in [2.05, 4.69) is 18.6 Å². The highest BCUT2D eigenvalue weighted by atomic mass is 19.4. The van der Waals surface area contributed by atoms with Crippen molar-refractivity contribution in [1.82, 2.24) is 0 Å². The summed E-state index contributed by atoms with van der Waals surface area (Å²) in [5, 5.41) is 0. The molecule has 7 heteroatoms. The van der Waals surface area contributed by atoms with E-state index < -0.39 is 23.7 Å². The Labute approximate surface area is 197 Å². The molecule has 0 aliphatic heterocycles. The SMILES string of the molecule is CCC(C)CCC1CCC(c2ccc(CCc3cc(F)c(OC(F)(F)F)c(F)c3)c(F)c2)CC1. The number of alkyl halides is 3. The highest BCUT2D eigenvalue weighted by Crippen LogP contribution is 2.38. The zero-order valence-electron chi connectivity index (χ0n) is 19.7. The Morgan fingerprint density at radius 2 is 1.56 bits per heavy atom. The molecule has 34 heavy (non-hydrogen) atoms. The topological polar surface area (TPSA) is 9.23 Å². The standard InChI is InChI=1S/C27H32F6O/c1-3-17(2)4-5-18-6-9-20(10-7-18)22-13-12-21(23(28)16-22)11-8-19-14-24(29)26(25(30)15-19)34-27(31,32)33/h12-18,20H,3-11H2,1-2H3. The van der Waals surface area contributed by atoms with Crippen LogP contribution >= 0.6 is 0 Å². The number of hydrogen-bond donors (Lipinski definition) is 0. The summed E-state index contributed by atoms with van der Waals surface area (Å²) >= 11 is 0. The van der Waals surface area contributed by atoms with E-state index in [4.69, 9.17) is 0 Å². The van der Waals surface area contributed by atoms with Crippen molar-refractivity contribution in [2.45, 2.75) is 83.9 Å². The number of halogens is 6. The van der Waals surface area contributed by atoms with Crippen LogP contribution in [-0.4, -0.2) is 6.36 Å². The smallest absolute Gasteiger partial charge is 0.399 e. The number of benzene rings is 2. The third-order valence-corrected chi connectivity index (χ3v) is 7.12. The van der Waals surface area contributed by atoms with Crippen LogP contribution in [-0.2, 0) is 12.8 Å². The molecule has 1 saturated carbocycles. The molecule has 1 nitrogen and oxygen atoms in total. The molecule has 1 aliphatic carbocycles. The van der Waals surface area contributed by atoms with Crippen LogP contribution in [0.5, 0.6) is 5.75 Å². The summed E-state index contributed by atoms with van der Waals surface area (Å²) in [4.78, 5) is 0. The van der Waals surface area contributed by atoms with Crippen molar-refractivity contribution in [2.24, 2.45) is 11.8 Å². The van der Waals surface area contributed by atoms with Gasteiger partial charge >= 0.3 is 6.36 Å². The molecular formula is C27H32F6O. The van der Waals surface area contributed by atoms with E-state index in [1.807, 2.05) is 6.07 Å². The van der Waals surface area contributed by atoms with E-state index in [0.29, 0.717) is 11.5 Å². The second-order valence-electron chi connectivity index (χ2n) is 9.60. The average molecular weight is 487 g/mol. The summed E-state index contributed by atoms with van der Waals surface area (Å²) in [6, 6.07) is 6.75. The zero-order chi connectivity index (χ0) is 24.9. The highest BCUT2D eigenvalue weighted by molar-refractivity contribution is 5.33. The average Bonchev–Trinajstić information content (AvgIpc) is 2.78. The van der Waals surface area contributed by atoms with Gasteiger partial charge in [-0.1, -0.05) is 45.2 Å². The molecule has 0 heterocycles. The Balaban J connectivity index is 1.56. The van der Waals surface area contributed by atoms with Gasteiger partial charge in [0.2, 0.25) is 5.75 Å². The van der Waals surface area contributed by atoms with Crippen LogP contribution in [0.2, 0.25) is 0 Å². The highest BCUT2D eigenvalue weighted by Gasteiger charge is 2.34. The fourth-order valence-corrected chi connectivity index (χ4v) is 4.78. The van der Waals surface area contributed by atoms with Gasteiger partial charge in [-0.05, 0) is 91.2 Å². The minimum absolute atomic E-state index is 0.0810. The summed E-state index contributed by atoms with van der Waals surface area (Å²) in [6.45, 7) is 4.51. The Bertz CT molecular complexity index is 924. The molecule has 0 bridgehead atoms. The maximum atomic E-state index is 14.7. The lowest BCUT2D eigenvalue weighted by molar-refractivity contribution is -0.276. The number of aryl methyl sites for hydroxylation is 2. The summed E-state index contributed by atoms with van der Waals surface area (Å²) in [7, 11) is 0.